The Balaban J connectivity index is 2.26. The van der Waals surface area contributed by atoms with Gasteiger partial charge < -0.3 is 5.32 Å². The fourth-order valence-electron chi connectivity index (χ4n) is 2.23. The van der Waals surface area contributed by atoms with Gasteiger partial charge in [0.25, 0.3) is 0 Å². The van der Waals surface area contributed by atoms with Crippen LogP contribution in [0.3, 0.4) is 0 Å². The maximum absolute atomic E-state index is 4.22. The molecule has 1 aliphatic rings. The zero-order valence-electron chi connectivity index (χ0n) is 8.54. The number of nitrogens with zero attached hydrogens (tertiary/aromatic N) is 2. The Bertz CT molecular complexity index is 301. The number of hydrogen-bond acceptors (Lipinski definition) is 2. The highest BCUT2D eigenvalue weighted by molar-refractivity contribution is 5.19. The monoisotopic (exact) mass is 179 g/mol. The smallest absolute Gasteiger partial charge is 0.0525 e. The topological polar surface area (TPSA) is 29.9 Å². The highest BCUT2D eigenvalue weighted by Crippen LogP contribution is 2.34. The molecule has 0 radical (unpaired) electrons. The summed E-state index contributed by atoms with van der Waals surface area (Å²) in [5.74, 6) is 0.612. The first-order chi connectivity index (χ1) is 6.09. The Morgan fingerprint density at radius 2 is 2.38 bits per heavy atom. The van der Waals surface area contributed by atoms with Crippen molar-refractivity contribution in [3.8, 4) is 0 Å². The molecule has 72 valence electrons. The van der Waals surface area contributed by atoms with Crippen LogP contribution in [0, 0.1) is 0 Å². The van der Waals surface area contributed by atoms with Crippen molar-refractivity contribution in [3.05, 3.63) is 18.0 Å². The van der Waals surface area contributed by atoms with Gasteiger partial charge in [0.2, 0.25) is 0 Å². The van der Waals surface area contributed by atoms with E-state index in [1.165, 1.54) is 12.0 Å². The first kappa shape index (κ1) is 8.75. The molecule has 0 bridgehead atoms. The van der Waals surface area contributed by atoms with E-state index in [1.54, 1.807) is 0 Å². The van der Waals surface area contributed by atoms with Crippen molar-refractivity contribution < 1.29 is 0 Å². The summed E-state index contributed by atoms with van der Waals surface area (Å²) in [6, 6.07) is 0. The van der Waals surface area contributed by atoms with Gasteiger partial charge in [-0.05, 0) is 32.4 Å². The lowest BCUT2D eigenvalue weighted by Gasteiger charge is -2.26. The summed E-state index contributed by atoms with van der Waals surface area (Å²) in [5.41, 5.74) is 1.58. The summed E-state index contributed by atoms with van der Waals surface area (Å²) in [6.45, 7) is 5.64. The zero-order valence-corrected chi connectivity index (χ0v) is 8.54. The largest absolute Gasteiger partial charge is 0.311 e. The molecule has 2 rings (SSSR count). The minimum Gasteiger partial charge on any atom is -0.311 e. The number of rotatable bonds is 1. The lowest BCUT2D eigenvalue weighted by atomic mass is 9.85. The molecule has 1 atom stereocenters. The van der Waals surface area contributed by atoms with E-state index < -0.39 is 0 Å². The second-order valence-corrected chi connectivity index (χ2v) is 4.44. The van der Waals surface area contributed by atoms with E-state index in [1.807, 2.05) is 17.9 Å². The van der Waals surface area contributed by atoms with Crippen LogP contribution in [0.1, 0.15) is 31.7 Å². The van der Waals surface area contributed by atoms with Gasteiger partial charge in [-0.3, -0.25) is 4.68 Å². The third kappa shape index (κ3) is 1.48. The van der Waals surface area contributed by atoms with Gasteiger partial charge in [-0.25, -0.2) is 0 Å². The van der Waals surface area contributed by atoms with Gasteiger partial charge in [-0.15, -0.1) is 0 Å². The van der Waals surface area contributed by atoms with Gasteiger partial charge in [-0.2, -0.15) is 5.10 Å². The normalized spacial score (nSPS) is 26.5. The van der Waals surface area contributed by atoms with Crippen molar-refractivity contribution in [1.29, 1.82) is 0 Å². The second-order valence-electron chi connectivity index (χ2n) is 4.44. The van der Waals surface area contributed by atoms with Crippen LogP contribution in [0.25, 0.3) is 0 Å². The zero-order chi connectivity index (χ0) is 9.47. The average molecular weight is 179 g/mol. The molecule has 1 fully saturated rings. The molecule has 1 saturated heterocycles. The van der Waals surface area contributed by atoms with E-state index in [2.05, 4.69) is 30.5 Å². The van der Waals surface area contributed by atoms with Crippen LogP contribution < -0.4 is 5.32 Å². The molecular weight excluding hydrogens is 162 g/mol. The minimum atomic E-state index is 0.225. The second kappa shape index (κ2) is 2.84. The molecule has 0 aliphatic carbocycles. The van der Waals surface area contributed by atoms with Crippen LogP contribution in [0.4, 0.5) is 0 Å². The Kier molecular flexibility index (Phi) is 1.91. The molecule has 2 heterocycles. The lowest BCUT2D eigenvalue weighted by Crippen LogP contribution is -2.36. The van der Waals surface area contributed by atoms with Gasteiger partial charge in [0, 0.05) is 24.7 Å². The van der Waals surface area contributed by atoms with Crippen molar-refractivity contribution in [3.63, 3.8) is 0 Å². The van der Waals surface area contributed by atoms with Crippen LogP contribution in [0.2, 0.25) is 0 Å². The molecule has 0 amide bonds. The molecule has 13 heavy (non-hydrogen) atoms. The van der Waals surface area contributed by atoms with E-state index in [9.17, 15) is 0 Å². The van der Waals surface area contributed by atoms with Crippen molar-refractivity contribution >= 4 is 0 Å². The lowest BCUT2D eigenvalue weighted by molar-refractivity contribution is 0.411. The minimum absolute atomic E-state index is 0.225. The van der Waals surface area contributed by atoms with Gasteiger partial charge >= 0.3 is 0 Å². The van der Waals surface area contributed by atoms with Crippen molar-refractivity contribution in [1.82, 2.24) is 15.1 Å². The molecule has 0 spiro atoms. The summed E-state index contributed by atoms with van der Waals surface area (Å²) >= 11 is 0. The molecular formula is C10H17N3. The molecule has 0 aromatic carbocycles. The molecule has 0 saturated carbocycles. The van der Waals surface area contributed by atoms with Crippen LogP contribution >= 0.6 is 0 Å². The Labute approximate surface area is 79.1 Å². The van der Waals surface area contributed by atoms with E-state index in [0.717, 1.165) is 6.54 Å². The van der Waals surface area contributed by atoms with Gasteiger partial charge in [0.1, 0.15) is 0 Å². The Morgan fingerprint density at radius 3 is 2.85 bits per heavy atom. The highest BCUT2D eigenvalue weighted by atomic mass is 15.2. The van der Waals surface area contributed by atoms with E-state index in [-0.39, 0.29) is 5.54 Å². The number of aryl methyl sites for hydroxylation is 1. The van der Waals surface area contributed by atoms with E-state index in [0.29, 0.717) is 5.92 Å². The standard InChI is InChI=1S/C10H17N3/c1-10(2)9(4-5-11-10)8-6-12-13(3)7-8/h6-7,9,11H,4-5H2,1-3H3. The summed E-state index contributed by atoms with van der Waals surface area (Å²) in [6.07, 6.45) is 5.33. The fraction of sp³-hybridized carbons (Fsp3) is 0.700. The van der Waals surface area contributed by atoms with Crippen molar-refractivity contribution in [2.75, 3.05) is 6.54 Å². The first-order valence-corrected chi connectivity index (χ1v) is 4.83. The summed E-state index contributed by atoms with van der Waals surface area (Å²) in [5, 5.41) is 7.73. The van der Waals surface area contributed by atoms with Crippen LogP contribution in [0.5, 0.6) is 0 Å². The third-order valence-corrected chi connectivity index (χ3v) is 3.01. The quantitative estimate of drug-likeness (QED) is 0.703. The number of aromatic nitrogens is 2. The number of nitrogens with one attached hydrogen (secondary N) is 1. The molecule has 3 nitrogen and oxygen atoms in total. The maximum atomic E-state index is 4.22. The Morgan fingerprint density at radius 1 is 1.62 bits per heavy atom. The van der Waals surface area contributed by atoms with Gasteiger partial charge in [-0.1, -0.05) is 0 Å². The van der Waals surface area contributed by atoms with Crippen molar-refractivity contribution in [2.45, 2.75) is 31.7 Å². The van der Waals surface area contributed by atoms with E-state index in [4.69, 9.17) is 0 Å². The van der Waals surface area contributed by atoms with Gasteiger partial charge in [0.05, 0.1) is 6.20 Å². The fourth-order valence-corrected chi connectivity index (χ4v) is 2.23. The van der Waals surface area contributed by atoms with Crippen LogP contribution in [-0.4, -0.2) is 21.9 Å². The van der Waals surface area contributed by atoms with Crippen LogP contribution in [-0.2, 0) is 7.05 Å². The predicted molar refractivity (Wildman–Crippen MR) is 52.6 cm³/mol. The first-order valence-electron chi connectivity index (χ1n) is 4.83. The molecule has 3 heteroatoms. The molecule has 1 aliphatic heterocycles. The average Bonchev–Trinajstić information content (AvgIpc) is 2.56. The summed E-state index contributed by atoms with van der Waals surface area (Å²) < 4.78 is 1.88. The molecule has 1 N–H and O–H groups in total. The predicted octanol–water partition coefficient (Wildman–Crippen LogP) is 1.28. The van der Waals surface area contributed by atoms with Gasteiger partial charge in [0.15, 0.2) is 0 Å². The summed E-state index contributed by atoms with van der Waals surface area (Å²) in [4.78, 5) is 0. The molecule has 1 unspecified atom stereocenters. The Hall–Kier alpha value is -0.830. The summed E-state index contributed by atoms with van der Waals surface area (Å²) in [7, 11) is 1.97. The van der Waals surface area contributed by atoms with E-state index >= 15 is 0 Å². The molecule has 1 aromatic rings. The SMILES string of the molecule is Cn1cc(C2CCNC2(C)C)cn1. The third-order valence-electron chi connectivity index (χ3n) is 3.01. The maximum Gasteiger partial charge on any atom is 0.0525 e. The van der Waals surface area contributed by atoms with Crippen molar-refractivity contribution in [2.24, 2.45) is 7.05 Å². The molecule has 1 aromatic heterocycles. The highest BCUT2D eigenvalue weighted by Gasteiger charge is 2.35. The number of hydrogen-bond donors (Lipinski definition) is 1. The van der Waals surface area contributed by atoms with Crippen LogP contribution in [0.15, 0.2) is 12.4 Å².